The van der Waals surface area contributed by atoms with E-state index in [2.05, 4.69) is 6.92 Å². The van der Waals surface area contributed by atoms with Crippen molar-refractivity contribution < 1.29 is 24.2 Å². The van der Waals surface area contributed by atoms with Crippen LogP contribution in [0.3, 0.4) is 0 Å². The zero-order chi connectivity index (χ0) is 18.1. The smallest absolute Gasteiger partial charge is 0.316 e. The van der Waals surface area contributed by atoms with Crippen molar-refractivity contribution in [1.82, 2.24) is 0 Å². The Morgan fingerprint density at radius 2 is 2.08 bits per heavy atom. The van der Waals surface area contributed by atoms with Gasteiger partial charge in [0.15, 0.2) is 5.78 Å². The first kappa shape index (κ1) is 17.2. The van der Waals surface area contributed by atoms with Crippen molar-refractivity contribution >= 4 is 11.8 Å². The van der Waals surface area contributed by atoms with Crippen molar-refractivity contribution in [3.05, 3.63) is 12.2 Å². The Kier molecular flexibility index (Phi) is 3.56. The Balaban J connectivity index is 1.51. The van der Waals surface area contributed by atoms with Crippen molar-refractivity contribution in [3.63, 3.8) is 0 Å². The molecule has 4 rings (SSSR count). The first-order valence-corrected chi connectivity index (χ1v) is 9.48. The molecule has 2 heterocycles. The van der Waals surface area contributed by atoms with Crippen LogP contribution < -0.4 is 0 Å². The quantitative estimate of drug-likeness (QED) is 0.470. The predicted octanol–water partition coefficient (Wildman–Crippen LogP) is 2.70. The van der Waals surface area contributed by atoms with E-state index in [1.807, 2.05) is 13.0 Å². The number of rotatable bonds is 5. The molecular weight excluding hydrogens is 320 g/mol. The third kappa shape index (κ3) is 2.15. The standard InChI is InChI=1S/C20H28O5/c1-13(21)6-4-8-17(2)15(24-17)12-14-7-11-18(3)20(23)10-5-9-19(14,20)16(22)25-18/h4,6,14-15,23H,5,7-12H2,1-3H3/b6-4+/t14-,15+,17+,18+,19+,20-/m1/s1. The van der Waals surface area contributed by atoms with Gasteiger partial charge in [0.25, 0.3) is 0 Å². The van der Waals surface area contributed by atoms with Crippen molar-refractivity contribution in [3.8, 4) is 0 Å². The van der Waals surface area contributed by atoms with Gasteiger partial charge in [0.05, 0.1) is 11.7 Å². The molecule has 0 aromatic heterocycles. The predicted molar refractivity (Wildman–Crippen MR) is 90.8 cm³/mol. The maximum Gasteiger partial charge on any atom is 0.316 e. The number of carbonyl (C=O) groups excluding carboxylic acids is 2. The maximum atomic E-state index is 12.8. The summed E-state index contributed by atoms with van der Waals surface area (Å²) in [6, 6.07) is 0. The van der Waals surface area contributed by atoms with Crippen molar-refractivity contribution in [2.75, 3.05) is 0 Å². The fourth-order valence-electron chi connectivity index (χ4n) is 5.91. The van der Waals surface area contributed by atoms with Gasteiger partial charge in [-0.25, -0.2) is 0 Å². The summed E-state index contributed by atoms with van der Waals surface area (Å²) >= 11 is 0. The fraction of sp³-hybridized carbons (Fsp3) is 0.800. The maximum absolute atomic E-state index is 12.8. The molecule has 0 aromatic rings. The summed E-state index contributed by atoms with van der Waals surface area (Å²) in [5, 5.41) is 11.4. The molecular formula is C20H28O5. The summed E-state index contributed by atoms with van der Waals surface area (Å²) in [6.07, 6.45) is 8.85. The summed E-state index contributed by atoms with van der Waals surface area (Å²) in [6.45, 7) is 5.49. The molecule has 2 aliphatic carbocycles. The van der Waals surface area contributed by atoms with Crippen molar-refractivity contribution in [1.29, 1.82) is 0 Å². The average molecular weight is 348 g/mol. The lowest BCUT2D eigenvalue weighted by atomic mass is 9.55. The van der Waals surface area contributed by atoms with Gasteiger partial charge in [0, 0.05) is 0 Å². The average Bonchev–Trinajstić information content (AvgIpc) is 2.95. The van der Waals surface area contributed by atoms with Gasteiger partial charge < -0.3 is 14.6 Å². The van der Waals surface area contributed by atoms with Gasteiger partial charge in [-0.1, -0.05) is 6.08 Å². The summed E-state index contributed by atoms with van der Waals surface area (Å²) in [4.78, 5) is 23.9. The number of ketones is 1. The number of esters is 1. The molecule has 0 unspecified atom stereocenters. The molecule has 0 aromatic carbocycles. The van der Waals surface area contributed by atoms with Crippen LogP contribution in [0.15, 0.2) is 12.2 Å². The lowest BCUT2D eigenvalue weighted by Crippen LogP contribution is -2.61. The molecule has 6 atom stereocenters. The van der Waals surface area contributed by atoms with Crippen LogP contribution in [0.1, 0.15) is 65.7 Å². The minimum atomic E-state index is -1.03. The Morgan fingerprint density at radius 1 is 1.32 bits per heavy atom. The monoisotopic (exact) mass is 348 g/mol. The molecule has 2 bridgehead atoms. The first-order chi connectivity index (χ1) is 11.7. The lowest BCUT2D eigenvalue weighted by Gasteiger charge is -2.49. The van der Waals surface area contributed by atoms with Gasteiger partial charge >= 0.3 is 5.97 Å². The third-order valence-corrected chi connectivity index (χ3v) is 7.48. The van der Waals surface area contributed by atoms with E-state index in [1.165, 1.54) is 6.92 Å². The SMILES string of the molecule is CC(=O)/C=C/C[C@]1(C)O[C@H]1C[C@H]1CC[C@]2(C)OC(=O)[C@]13CCC[C@@]23O. The van der Waals surface area contributed by atoms with Crippen LogP contribution in [0, 0.1) is 11.3 Å². The van der Waals surface area contributed by atoms with Crippen LogP contribution >= 0.6 is 0 Å². The number of ether oxygens (including phenoxy) is 2. The number of hydrogen-bond donors (Lipinski definition) is 1. The molecule has 2 aliphatic heterocycles. The van der Waals surface area contributed by atoms with Crippen LogP contribution in [-0.2, 0) is 19.1 Å². The molecule has 2 saturated carbocycles. The van der Waals surface area contributed by atoms with Gasteiger partial charge in [0.2, 0.25) is 0 Å². The molecule has 0 spiro atoms. The summed E-state index contributed by atoms with van der Waals surface area (Å²) < 4.78 is 11.7. The number of hydrogen-bond acceptors (Lipinski definition) is 5. The third-order valence-electron chi connectivity index (χ3n) is 7.48. The summed E-state index contributed by atoms with van der Waals surface area (Å²) in [5.41, 5.74) is -2.76. The van der Waals surface area contributed by atoms with Gasteiger partial charge in [-0.15, -0.1) is 0 Å². The van der Waals surface area contributed by atoms with E-state index in [0.29, 0.717) is 12.8 Å². The molecule has 0 radical (unpaired) electrons. The summed E-state index contributed by atoms with van der Waals surface area (Å²) in [5.74, 6) is -0.0565. The molecule has 138 valence electrons. The second-order valence-corrected chi connectivity index (χ2v) is 8.91. The van der Waals surface area contributed by atoms with Crippen LogP contribution in [0.2, 0.25) is 0 Å². The Labute approximate surface area is 148 Å². The Morgan fingerprint density at radius 3 is 2.80 bits per heavy atom. The highest BCUT2D eigenvalue weighted by Crippen LogP contribution is 2.68. The molecule has 1 N–H and O–H groups in total. The van der Waals surface area contributed by atoms with Crippen LogP contribution in [0.4, 0.5) is 0 Å². The van der Waals surface area contributed by atoms with Crippen LogP contribution in [-0.4, -0.2) is 39.8 Å². The van der Waals surface area contributed by atoms with Gasteiger partial charge in [-0.3, -0.25) is 9.59 Å². The highest BCUT2D eigenvalue weighted by molar-refractivity contribution is 5.87. The number of aliphatic hydroxyl groups is 1. The first-order valence-electron chi connectivity index (χ1n) is 9.48. The Bertz CT molecular complexity index is 656. The van der Waals surface area contributed by atoms with E-state index in [1.54, 1.807) is 6.08 Å². The Hall–Kier alpha value is -1.20. The molecule has 4 fully saturated rings. The molecule has 25 heavy (non-hydrogen) atoms. The highest BCUT2D eigenvalue weighted by atomic mass is 16.6. The highest BCUT2D eigenvalue weighted by Gasteiger charge is 2.78. The van der Waals surface area contributed by atoms with Gasteiger partial charge in [-0.2, -0.15) is 0 Å². The number of epoxide rings is 1. The van der Waals surface area contributed by atoms with E-state index in [9.17, 15) is 14.7 Å². The van der Waals surface area contributed by atoms with E-state index in [4.69, 9.17) is 9.47 Å². The van der Waals surface area contributed by atoms with E-state index >= 15 is 0 Å². The van der Waals surface area contributed by atoms with Crippen LogP contribution in [0.25, 0.3) is 0 Å². The zero-order valence-corrected chi connectivity index (χ0v) is 15.3. The zero-order valence-electron chi connectivity index (χ0n) is 15.3. The van der Waals surface area contributed by atoms with E-state index < -0.39 is 16.6 Å². The molecule has 0 amide bonds. The van der Waals surface area contributed by atoms with E-state index in [0.717, 1.165) is 32.1 Å². The second-order valence-electron chi connectivity index (χ2n) is 8.91. The van der Waals surface area contributed by atoms with Crippen molar-refractivity contribution in [2.45, 2.75) is 88.6 Å². The normalized spacial score (nSPS) is 50.8. The topological polar surface area (TPSA) is 76.1 Å². The van der Waals surface area contributed by atoms with Crippen molar-refractivity contribution in [2.24, 2.45) is 11.3 Å². The minimum Gasteiger partial charge on any atom is -0.456 e. The summed E-state index contributed by atoms with van der Waals surface area (Å²) in [7, 11) is 0. The molecule has 5 nitrogen and oxygen atoms in total. The van der Waals surface area contributed by atoms with E-state index in [-0.39, 0.29) is 29.4 Å². The van der Waals surface area contributed by atoms with Gasteiger partial charge in [-0.05, 0) is 77.7 Å². The fourth-order valence-corrected chi connectivity index (χ4v) is 5.91. The van der Waals surface area contributed by atoms with Gasteiger partial charge in [0.1, 0.15) is 16.6 Å². The van der Waals surface area contributed by atoms with Crippen LogP contribution in [0.5, 0.6) is 0 Å². The molecule has 4 aliphatic rings. The second kappa shape index (κ2) is 5.17. The minimum absolute atomic E-state index is 0.0379. The number of carbonyl (C=O) groups is 2. The number of allylic oxidation sites excluding steroid dienone is 1. The lowest BCUT2D eigenvalue weighted by molar-refractivity contribution is -0.164. The molecule has 2 saturated heterocycles. The molecule has 5 heteroatoms. The largest absolute Gasteiger partial charge is 0.456 e.